The molecule has 0 aliphatic rings. The first-order valence-electron chi connectivity index (χ1n) is 4.80. The maximum absolute atomic E-state index is 9.31. The van der Waals surface area contributed by atoms with Gasteiger partial charge in [-0.1, -0.05) is 6.07 Å². The first-order valence-corrected chi connectivity index (χ1v) is 4.80. The molecule has 0 saturated heterocycles. The van der Waals surface area contributed by atoms with Crippen LogP contribution in [0.3, 0.4) is 0 Å². The van der Waals surface area contributed by atoms with Gasteiger partial charge in [0.05, 0.1) is 17.6 Å². The van der Waals surface area contributed by atoms with E-state index in [-0.39, 0.29) is 11.7 Å². The van der Waals surface area contributed by atoms with Crippen molar-refractivity contribution >= 4 is 17.3 Å². The highest BCUT2D eigenvalue weighted by Crippen LogP contribution is 2.21. The van der Waals surface area contributed by atoms with Crippen LogP contribution in [-0.4, -0.2) is 15.1 Å². The van der Waals surface area contributed by atoms with E-state index in [2.05, 4.69) is 15.3 Å². The Hall–Kier alpha value is -2.30. The van der Waals surface area contributed by atoms with Crippen LogP contribution in [0.25, 0.3) is 0 Å². The summed E-state index contributed by atoms with van der Waals surface area (Å²) in [6, 6.07) is 6.83. The number of nitrogen functional groups attached to an aromatic ring is 1. The topological polar surface area (TPSA) is 84.1 Å². The summed E-state index contributed by atoms with van der Waals surface area (Å²) in [6.07, 6.45) is 1.61. The molecule has 0 fully saturated rings. The molecule has 0 atom stereocenters. The number of aromatic nitrogens is 2. The first kappa shape index (κ1) is 10.2. The standard InChI is InChI=1S/C11H12N4O/c1-7-10(6-13-11(12)14-7)15-8-3-2-4-9(16)5-8/h2-6,15-16H,1H3,(H2,12,13,14). The lowest BCUT2D eigenvalue weighted by Crippen LogP contribution is -2.00. The predicted molar refractivity (Wildman–Crippen MR) is 62.6 cm³/mol. The maximum atomic E-state index is 9.31. The number of nitrogens with one attached hydrogen (secondary N) is 1. The first-order chi connectivity index (χ1) is 7.65. The average molecular weight is 216 g/mol. The lowest BCUT2D eigenvalue weighted by molar-refractivity contribution is 0.475. The molecule has 2 aromatic rings. The summed E-state index contributed by atoms with van der Waals surface area (Å²) < 4.78 is 0. The van der Waals surface area contributed by atoms with E-state index in [1.54, 1.807) is 24.4 Å². The molecule has 0 spiro atoms. The van der Waals surface area contributed by atoms with Crippen LogP contribution in [0.15, 0.2) is 30.5 Å². The number of nitrogens with zero attached hydrogens (tertiary/aromatic N) is 2. The number of hydrogen-bond acceptors (Lipinski definition) is 5. The van der Waals surface area contributed by atoms with E-state index in [1.807, 2.05) is 13.0 Å². The Bertz CT molecular complexity index is 513. The molecule has 0 saturated carbocycles. The molecule has 1 aromatic heterocycles. The third-order valence-electron chi connectivity index (χ3n) is 2.12. The maximum Gasteiger partial charge on any atom is 0.220 e. The Morgan fingerprint density at radius 2 is 2.19 bits per heavy atom. The summed E-state index contributed by atoms with van der Waals surface area (Å²) in [5.41, 5.74) is 7.75. The second kappa shape index (κ2) is 4.06. The van der Waals surface area contributed by atoms with Crippen LogP contribution >= 0.6 is 0 Å². The van der Waals surface area contributed by atoms with Crippen LogP contribution in [0.1, 0.15) is 5.69 Å². The molecule has 0 amide bonds. The normalized spacial score (nSPS) is 10.1. The van der Waals surface area contributed by atoms with E-state index < -0.39 is 0 Å². The van der Waals surface area contributed by atoms with Crippen molar-refractivity contribution in [1.82, 2.24) is 9.97 Å². The SMILES string of the molecule is Cc1nc(N)ncc1Nc1cccc(O)c1. The van der Waals surface area contributed by atoms with Crippen molar-refractivity contribution in [2.24, 2.45) is 0 Å². The van der Waals surface area contributed by atoms with Gasteiger partial charge in [0, 0.05) is 11.8 Å². The number of phenolic OH excluding ortho intramolecular Hbond substituents is 1. The van der Waals surface area contributed by atoms with Gasteiger partial charge in [-0.05, 0) is 19.1 Å². The highest BCUT2D eigenvalue weighted by Gasteiger charge is 2.02. The third-order valence-corrected chi connectivity index (χ3v) is 2.12. The van der Waals surface area contributed by atoms with Crippen LogP contribution in [-0.2, 0) is 0 Å². The van der Waals surface area contributed by atoms with Crippen molar-refractivity contribution in [1.29, 1.82) is 0 Å². The van der Waals surface area contributed by atoms with E-state index in [0.717, 1.165) is 17.1 Å². The highest BCUT2D eigenvalue weighted by atomic mass is 16.3. The molecule has 0 aliphatic heterocycles. The second-order valence-electron chi connectivity index (χ2n) is 3.40. The minimum atomic E-state index is 0.207. The van der Waals surface area contributed by atoms with Gasteiger partial charge in [-0.25, -0.2) is 9.97 Å². The van der Waals surface area contributed by atoms with E-state index in [1.165, 1.54) is 0 Å². The Kier molecular flexibility index (Phi) is 2.59. The van der Waals surface area contributed by atoms with Crippen LogP contribution < -0.4 is 11.1 Å². The molecular weight excluding hydrogens is 204 g/mol. The predicted octanol–water partition coefficient (Wildman–Crippen LogP) is 1.82. The van der Waals surface area contributed by atoms with E-state index >= 15 is 0 Å². The fourth-order valence-electron chi connectivity index (χ4n) is 1.35. The zero-order valence-electron chi connectivity index (χ0n) is 8.81. The fourth-order valence-corrected chi connectivity index (χ4v) is 1.35. The van der Waals surface area contributed by atoms with Gasteiger partial charge in [0.2, 0.25) is 5.95 Å². The van der Waals surface area contributed by atoms with Gasteiger partial charge < -0.3 is 16.2 Å². The number of hydrogen-bond donors (Lipinski definition) is 3. The molecule has 5 heteroatoms. The molecule has 1 heterocycles. The molecule has 0 radical (unpaired) electrons. The van der Waals surface area contributed by atoms with Gasteiger partial charge in [-0.2, -0.15) is 0 Å². The minimum absolute atomic E-state index is 0.207. The zero-order valence-corrected chi connectivity index (χ0v) is 8.81. The molecule has 0 bridgehead atoms. The molecule has 16 heavy (non-hydrogen) atoms. The fraction of sp³-hybridized carbons (Fsp3) is 0.0909. The summed E-state index contributed by atoms with van der Waals surface area (Å²) in [6.45, 7) is 1.84. The largest absolute Gasteiger partial charge is 0.508 e. The monoisotopic (exact) mass is 216 g/mol. The van der Waals surface area contributed by atoms with Gasteiger partial charge in [0.25, 0.3) is 0 Å². The van der Waals surface area contributed by atoms with Crippen molar-refractivity contribution in [3.05, 3.63) is 36.2 Å². The Labute approximate surface area is 93.0 Å². The lowest BCUT2D eigenvalue weighted by atomic mass is 10.3. The summed E-state index contributed by atoms with van der Waals surface area (Å²) >= 11 is 0. The third kappa shape index (κ3) is 2.20. The molecular formula is C11H12N4O. The van der Waals surface area contributed by atoms with Crippen molar-refractivity contribution in [3.63, 3.8) is 0 Å². The number of nitrogens with two attached hydrogens (primary N) is 1. The highest BCUT2D eigenvalue weighted by molar-refractivity contribution is 5.62. The molecule has 4 N–H and O–H groups in total. The number of benzene rings is 1. The second-order valence-corrected chi connectivity index (χ2v) is 3.40. The number of anilines is 3. The molecule has 1 aromatic carbocycles. The molecule has 0 unspecified atom stereocenters. The molecule has 82 valence electrons. The van der Waals surface area contributed by atoms with Crippen LogP contribution in [0.4, 0.5) is 17.3 Å². The molecule has 5 nitrogen and oxygen atoms in total. The van der Waals surface area contributed by atoms with E-state index in [9.17, 15) is 5.11 Å². The number of rotatable bonds is 2. The smallest absolute Gasteiger partial charge is 0.220 e. The van der Waals surface area contributed by atoms with E-state index in [0.29, 0.717) is 0 Å². The van der Waals surface area contributed by atoms with Gasteiger partial charge in [-0.15, -0.1) is 0 Å². The zero-order chi connectivity index (χ0) is 11.5. The van der Waals surface area contributed by atoms with Gasteiger partial charge in [0.15, 0.2) is 0 Å². The molecule has 0 aliphatic carbocycles. The van der Waals surface area contributed by atoms with Crippen LogP contribution in [0.2, 0.25) is 0 Å². The Morgan fingerprint density at radius 3 is 2.88 bits per heavy atom. The van der Waals surface area contributed by atoms with Gasteiger partial charge >= 0.3 is 0 Å². The lowest BCUT2D eigenvalue weighted by Gasteiger charge is -2.08. The minimum Gasteiger partial charge on any atom is -0.508 e. The summed E-state index contributed by atoms with van der Waals surface area (Å²) in [5.74, 6) is 0.456. The number of phenols is 1. The van der Waals surface area contributed by atoms with E-state index in [4.69, 9.17) is 5.73 Å². The molecule has 2 rings (SSSR count). The average Bonchev–Trinajstić information content (AvgIpc) is 2.22. The Morgan fingerprint density at radius 1 is 1.38 bits per heavy atom. The van der Waals surface area contributed by atoms with Crippen molar-refractivity contribution in [2.75, 3.05) is 11.1 Å². The number of aromatic hydroxyl groups is 1. The Balaban J connectivity index is 2.27. The van der Waals surface area contributed by atoms with Crippen molar-refractivity contribution < 1.29 is 5.11 Å². The van der Waals surface area contributed by atoms with Gasteiger partial charge in [-0.3, -0.25) is 0 Å². The van der Waals surface area contributed by atoms with Crippen LogP contribution in [0, 0.1) is 6.92 Å². The quantitative estimate of drug-likeness (QED) is 0.713. The summed E-state index contributed by atoms with van der Waals surface area (Å²) in [7, 11) is 0. The summed E-state index contributed by atoms with van der Waals surface area (Å²) in [4.78, 5) is 7.93. The van der Waals surface area contributed by atoms with Crippen LogP contribution in [0.5, 0.6) is 5.75 Å². The van der Waals surface area contributed by atoms with Crippen molar-refractivity contribution in [3.8, 4) is 5.75 Å². The van der Waals surface area contributed by atoms with Crippen molar-refractivity contribution in [2.45, 2.75) is 6.92 Å². The van der Waals surface area contributed by atoms with Gasteiger partial charge in [0.1, 0.15) is 5.75 Å². The summed E-state index contributed by atoms with van der Waals surface area (Å²) in [5, 5.41) is 12.4. The number of aryl methyl sites for hydroxylation is 1.